The van der Waals surface area contributed by atoms with Gasteiger partial charge in [0.25, 0.3) is 0 Å². The summed E-state index contributed by atoms with van der Waals surface area (Å²) in [5.41, 5.74) is 1.94. The quantitative estimate of drug-likeness (QED) is 0.758. The third-order valence-electron chi connectivity index (χ3n) is 2.79. The molecule has 0 atom stereocenters. The zero-order valence-electron chi connectivity index (χ0n) is 10.4. The van der Waals surface area contributed by atoms with Crippen LogP contribution in [0.1, 0.15) is 0 Å². The van der Waals surface area contributed by atoms with Crippen molar-refractivity contribution in [2.24, 2.45) is 0 Å². The third kappa shape index (κ3) is 2.12. The van der Waals surface area contributed by atoms with E-state index < -0.39 is 0 Å². The van der Waals surface area contributed by atoms with Gasteiger partial charge < -0.3 is 14.8 Å². The number of H-pyrrole nitrogens is 1. The van der Waals surface area contributed by atoms with Crippen LogP contribution in [-0.4, -0.2) is 26.7 Å². The van der Waals surface area contributed by atoms with Crippen molar-refractivity contribution in [1.82, 2.24) is 15.0 Å². The maximum absolute atomic E-state index is 10.0. The van der Waals surface area contributed by atoms with Gasteiger partial charge in [0.15, 0.2) is 12.3 Å². The van der Waals surface area contributed by atoms with E-state index in [9.17, 15) is 5.11 Å². The number of hydrogen-bond acceptors (Lipinski definition) is 5. The summed E-state index contributed by atoms with van der Waals surface area (Å²) in [6.45, 7) is -0.0622. The van der Waals surface area contributed by atoms with Crippen LogP contribution in [0.4, 0.5) is 0 Å². The summed E-state index contributed by atoms with van der Waals surface area (Å²) in [6, 6.07) is 10.3. The number of phenols is 1. The molecule has 3 rings (SSSR count). The Morgan fingerprint density at radius 2 is 2.25 bits per heavy atom. The molecular weight excluding hydrogens is 256 g/mol. The highest BCUT2D eigenvalue weighted by molar-refractivity contribution is 5.77. The number of ether oxygens (including phenoxy) is 1. The Hall–Kier alpha value is -3.07. The number of aromatic nitrogens is 3. The first kappa shape index (κ1) is 12.0. The zero-order valence-corrected chi connectivity index (χ0v) is 10.4. The Labute approximate surface area is 114 Å². The van der Waals surface area contributed by atoms with E-state index in [1.807, 2.05) is 18.2 Å². The van der Waals surface area contributed by atoms with Gasteiger partial charge in [-0.15, -0.1) is 0 Å². The van der Waals surface area contributed by atoms with E-state index >= 15 is 0 Å². The third-order valence-corrected chi connectivity index (χ3v) is 2.79. The van der Waals surface area contributed by atoms with E-state index in [-0.39, 0.29) is 12.4 Å². The van der Waals surface area contributed by atoms with E-state index in [0.29, 0.717) is 22.8 Å². The number of benzene rings is 1. The van der Waals surface area contributed by atoms with Crippen LogP contribution < -0.4 is 4.74 Å². The van der Waals surface area contributed by atoms with Gasteiger partial charge in [0, 0.05) is 12.3 Å². The molecule has 0 radical (unpaired) electrons. The first-order valence-electron chi connectivity index (χ1n) is 5.92. The molecule has 0 saturated heterocycles. The standard InChI is InChI=1S/C14H10N4O2/c15-5-7-20-9-3-4-10(12(19)8-9)13-17-11-2-1-6-16-14(11)18-13/h1-4,6,8,19H,7H2,(H,16,17,18). The molecule has 0 bridgehead atoms. The Kier molecular flexibility index (Phi) is 2.94. The Bertz CT molecular complexity index is 771. The topological polar surface area (TPSA) is 94.8 Å². The average molecular weight is 266 g/mol. The van der Waals surface area contributed by atoms with Crippen molar-refractivity contribution < 1.29 is 9.84 Å². The molecule has 3 aromatic rings. The van der Waals surface area contributed by atoms with Crippen LogP contribution in [0, 0.1) is 11.3 Å². The number of nitrogens with zero attached hydrogens (tertiary/aromatic N) is 3. The largest absolute Gasteiger partial charge is 0.507 e. The van der Waals surface area contributed by atoms with Crippen LogP contribution in [0.15, 0.2) is 36.5 Å². The summed E-state index contributed by atoms with van der Waals surface area (Å²) < 4.78 is 5.12. The molecule has 0 saturated carbocycles. The van der Waals surface area contributed by atoms with Crippen LogP contribution in [0.25, 0.3) is 22.6 Å². The lowest BCUT2D eigenvalue weighted by atomic mass is 10.2. The number of imidazole rings is 1. The molecule has 0 amide bonds. The minimum Gasteiger partial charge on any atom is -0.507 e. The fraction of sp³-hybridized carbons (Fsp3) is 0.0714. The van der Waals surface area contributed by atoms with Gasteiger partial charge >= 0.3 is 0 Å². The maximum Gasteiger partial charge on any atom is 0.178 e. The zero-order chi connectivity index (χ0) is 13.9. The van der Waals surface area contributed by atoms with Gasteiger partial charge in [-0.3, -0.25) is 0 Å². The highest BCUT2D eigenvalue weighted by Gasteiger charge is 2.11. The number of hydrogen-bond donors (Lipinski definition) is 2. The molecule has 1 aromatic carbocycles. The van der Waals surface area contributed by atoms with Crippen molar-refractivity contribution in [3.8, 4) is 29.0 Å². The van der Waals surface area contributed by atoms with Crippen LogP contribution in [0.5, 0.6) is 11.5 Å². The molecule has 0 fully saturated rings. The smallest absolute Gasteiger partial charge is 0.178 e. The van der Waals surface area contributed by atoms with Gasteiger partial charge in [0.2, 0.25) is 0 Å². The van der Waals surface area contributed by atoms with Crippen LogP contribution >= 0.6 is 0 Å². The minimum absolute atomic E-state index is 0.0273. The monoisotopic (exact) mass is 266 g/mol. The van der Waals surface area contributed by atoms with E-state index in [4.69, 9.17) is 10.00 Å². The summed E-state index contributed by atoms with van der Waals surface area (Å²) in [5.74, 6) is 0.990. The lowest BCUT2D eigenvalue weighted by molar-refractivity contribution is 0.364. The second kappa shape index (κ2) is 4.90. The molecule has 6 heteroatoms. The van der Waals surface area contributed by atoms with E-state index in [1.165, 1.54) is 6.07 Å². The summed E-state index contributed by atoms with van der Waals surface area (Å²) in [6.07, 6.45) is 1.66. The first-order valence-corrected chi connectivity index (χ1v) is 5.92. The number of nitrogens with one attached hydrogen (secondary N) is 1. The first-order chi connectivity index (χ1) is 9.78. The molecule has 20 heavy (non-hydrogen) atoms. The molecule has 2 heterocycles. The molecule has 0 spiro atoms. The molecule has 0 aliphatic rings. The lowest BCUT2D eigenvalue weighted by Crippen LogP contribution is -1.93. The van der Waals surface area contributed by atoms with Gasteiger partial charge in [-0.25, -0.2) is 9.97 Å². The molecule has 0 aliphatic heterocycles. The molecule has 0 unspecified atom stereocenters. The van der Waals surface area contributed by atoms with Gasteiger partial charge in [0.05, 0.1) is 11.1 Å². The number of nitriles is 1. The second-order valence-electron chi connectivity index (χ2n) is 4.09. The average Bonchev–Trinajstić information content (AvgIpc) is 2.88. The summed E-state index contributed by atoms with van der Waals surface area (Å²) in [5, 5.41) is 18.5. The number of fused-ring (bicyclic) bond motifs is 1. The summed E-state index contributed by atoms with van der Waals surface area (Å²) in [4.78, 5) is 11.5. The predicted octanol–water partition coefficient (Wildman–Crippen LogP) is 2.23. The van der Waals surface area contributed by atoms with Crippen LogP contribution in [0.2, 0.25) is 0 Å². The Morgan fingerprint density at radius 1 is 1.35 bits per heavy atom. The molecule has 0 aliphatic carbocycles. The molecule has 98 valence electrons. The van der Waals surface area contributed by atoms with Crippen molar-refractivity contribution in [2.75, 3.05) is 6.61 Å². The van der Waals surface area contributed by atoms with Gasteiger partial charge in [-0.2, -0.15) is 5.26 Å². The van der Waals surface area contributed by atoms with Crippen LogP contribution in [-0.2, 0) is 0 Å². The number of rotatable bonds is 3. The van der Waals surface area contributed by atoms with Gasteiger partial charge in [0.1, 0.15) is 23.4 Å². The van der Waals surface area contributed by atoms with Crippen molar-refractivity contribution in [3.05, 3.63) is 36.5 Å². The molecule has 2 N–H and O–H groups in total. The van der Waals surface area contributed by atoms with Crippen molar-refractivity contribution in [3.63, 3.8) is 0 Å². The number of aromatic amines is 1. The Morgan fingerprint density at radius 3 is 3.00 bits per heavy atom. The summed E-state index contributed by atoms with van der Waals surface area (Å²) in [7, 11) is 0. The minimum atomic E-state index is -0.0622. The lowest BCUT2D eigenvalue weighted by Gasteiger charge is -2.05. The Balaban J connectivity index is 1.99. The SMILES string of the molecule is N#CCOc1ccc(-c2nc3ncccc3[nH]2)c(O)c1. The van der Waals surface area contributed by atoms with Crippen molar-refractivity contribution in [2.45, 2.75) is 0 Å². The van der Waals surface area contributed by atoms with E-state index in [2.05, 4.69) is 15.0 Å². The second-order valence-corrected chi connectivity index (χ2v) is 4.09. The fourth-order valence-electron chi connectivity index (χ4n) is 1.89. The predicted molar refractivity (Wildman–Crippen MR) is 72.1 cm³/mol. The van der Waals surface area contributed by atoms with Gasteiger partial charge in [-0.05, 0) is 24.3 Å². The number of aromatic hydroxyl groups is 1. The number of phenolic OH excluding ortho intramolecular Hbond substituents is 1. The van der Waals surface area contributed by atoms with E-state index in [1.54, 1.807) is 18.3 Å². The normalized spacial score (nSPS) is 10.3. The van der Waals surface area contributed by atoms with Crippen molar-refractivity contribution in [1.29, 1.82) is 5.26 Å². The highest BCUT2D eigenvalue weighted by Crippen LogP contribution is 2.31. The fourth-order valence-corrected chi connectivity index (χ4v) is 1.89. The van der Waals surface area contributed by atoms with Crippen molar-refractivity contribution >= 4 is 11.2 Å². The van der Waals surface area contributed by atoms with E-state index in [0.717, 1.165) is 5.52 Å². The summed E-state index contributed by atoms with van der Waals surface area (Å²) >= 11 is 0. The highest BCUT2D eigenvalue weighted by atomic mass is 16.5. The number of pyridine rings is 1. The van der Waals surface area contributed by atoms with Crippen LogP contribution in [0.3, 0.4) is 0 Å². The molecule has 6 nitrogen and oxygen atoms in total. The molecule has 2 aromatic heterocycles. The maximum atomic E-state index is 10.0. The molecular formula is C14H10N4O2. The van der Waals surface area contributed by atoms with Gasteiger partial charge in [-0.1, -0.05) is 0 Å².